The van der Waals surface area contributed by atoms with Gasteiger partial charge in [-0.15, -0.1) is 11.8 Å². The molecule has 3 heterocycles. The molecule has 3 rings (SSSR count). The summed E-state index contributed by atoms with van der Waals surface area (Å²) >= 11 is 3.69. The van der Waals surface area contributed by atoms with E-state index in [9.17, 15) is 0 Å². The van der Waals surface area contributed by atoms with Crippen molar-refractivity contribution in [3.05, 3.63) is 34.9 Å². The number of nitrogens with one attached hydrogen (secondary N) is 1. The maximum atomic E-state index is 4.58. The number of aryl methyl sites for hydroxylation is 2. The van der Waals surface area contributed by atoms with Crippen molar-refractivity contribution in [2.75, 3.05) is 25.4 Å². The molecule has 1 saturated heterocycles. The van der Waals surface area contributed by atoms with Crippen LogP contribution in [0.1, 0.15) is 35.5 Å². The van der Waals surface area contributed by atoms with Crippen LogP contribution in [0.2, 0.25) is 0 Å². The third kappa shape index (κ3) is 4.55. The van der Waals surface area contributed by atoms with Gasteiger partial charge in [-0.2, -0.15) is 0 Å². The van der Waals surface area contributed by atoms with E-state index in [4.69, 9.17) is 0 Å². The van der Waals surface area contributed by atoms with Gasteiger partial charge in [0.05, 0.1) is 11.4 Å². The van der Waals surface area contributed by atoms with Gasteiger partial charge >= 0.3 is 0 Å². The molecule has 6 heteroatoms. The van der Waals surface area contributed by atoms with Crippen LogP contribution in [-0.2, 0) is 5.75 Å². The number of likely N-dealkylation sites (tertiary alicyclic amines) is 1. The highest BCUT2D eigenvalue weighted by atomic mass is 32.2. The Morgan fingerprint density at radius 2 is 1.96 bits per heavy atom. The molecule has 0 spiro atoms. The molecule has 0 atom stereocenters. The molecule has 0 radical (unpaired) electrons. The summed E-state index contributed by atoms with van der Waals surface area (Å²) < 4.78 is 0. The fraction of sp³-hybridized carbons (Fsp3) is 0.556. The second kappa shape index (κ2) is 8.41. The minimum atomic E-state index is 0.860. The van der Waals surface area contributed by atoms with Crippen LogP contribution in [0.5, 0.6) is 0 Å². The van der Waals surface area contributed by atoms with Gasteiger partial charge in [0, 0.05) is 34.8 Å². The third-order valence-electron chi connectivity index (χ3n) is 4.57. The topological polar surface area (TPSA) is 44.8 Å². The van der Waals surface area contributed by atoms with Gasteiger partial charge in [-0.3, -0.25) is 4.98 Å². The molecule has 0 bridgehead atoms. The highest BCUT2D eigenvalue weighted by Gasteiger charge is 2.12. The Bertz CT molecular complexity index is 658. The van der Waals surface area contributed by atoms with Crippen molar-refractivity contribution < 1.29 is 0 Å². The van der Waals surface area contributed by atoms with E-state index in [2.05, 4.69) is 39.8 Å². The molecule has 0 unspecified atom stereocenters. The number of rotatable bonds is 7. The number of aromatic nitrogens is 3. The summed E-state index contributed by atoms with van der Waals surface area (Å²) in [4.78, 5) is 16.4. The van der Waals surface area contributed by atoms with Crippen LogP contribution in [0.15, 0.2) is 22.3 Å². The van der Waals surface area contributed by atoms with E-state index < -0.39 is 0 Å². The van der Waals surface area contributed by atoms with Gasteiger partial charge in [-0.05, 0) is 58.3 Å². The molecule has 2 aromatic rings. The lowest BCUT2D eigenvalue weighted by Gasteiger charge is -2.15. The third-order valence-corrected chi connectivity index (χ3v) is 6.60. The fourth-order valence-corrected chi connectivity index (χ4v) is 4.92. The fourth-order valence-electron chi connectivity index (χ4n) is 2.87. The van der Waals surface area contributed by atoms with E-state index in [0.29, 0.717) is 0 Å². The molecule has 0 saturated carbocycles. The van der Waals surface area contributed by atoms with Crippen molar-refractivity contribution in [1.29, 1.82) is 0 Å². The summed E-state index contributed by atoms with van der Waals surface area (Å²) in [6, 6.07) is 2.15. The minimum Gasteiger partial charge on any atom is -0.337 e. The van der Waals surface area contributed by atoms with Gasteiger partial charge in [0.2, 0.25) is 0 Å². The first-order valence-corrected chi connectivity index (χ1v) is 10.6. The largest absolute Gasteiger partial charge is 0.337 e. The maximum absolute atomic E-state index is 4.58. The average Bonchev–Trinajstić information content (AvgIpc) is 3.18. The minimum absolute atomic E-state index is 0.860. The van der Waals surface area contributed by atoms with Gasteiger partial charge in [0.25, 0.3) is 0 Å². The monoisotopic (exact) mass is 362 g/mol. The lowest BCUT2D eigenvalue weighted by Crippen LogP contribution is -2.21. The predicted molar refractivity (Wildman–Crippen MR) is 103 cm³/mol. The summed E-state index contributed by atoms with van der Waals surface area (Å²) in [5, 5.41) is 0.985. The van der Waals surface area contributed by atoms with Crippen molar-refractivity contribution >= 4 is 23.5 Å². The first-order valence-electron chi connectivity index (χ1n) is 8.59. The molecule has 0 aromatic carbocycles. The number of thioether (sulfide) groups is 2. The first kappa shape index (κ1) is 17.8. The number of pyridine rings is 1. The van der Waals surface area contributed by atoms with E-state index >= 15 is 0 Å². The standard InChI is InChI=1S/C18H26N4S2/c1-13-16(12-24-18-20-14(2)15(3)21-18)19-7-6-17(13)23-11-10-22-8-4-5-9-22/h6-7H,4-5,8-12H2,1-3H3,(H,20,21). The van der Waals surface area contributed by atoms with E-state index in [1.54, 1.807) is 11.8 Å². The van der Waals surface area contributed by atoms with E-state index in [1.165, 1.54) is 42.9 Å². The van der Waals surface area contributed by atoms with Crippen LogP contribution in [0.3, 0.4) is 0 Å². The number of hydrogen-bond acceptors (Lipinski definition) is 5. The van der Waals surface area contributed by atoms with Crippen molar-refractivity contribution in [2.24, 2.45) is 0 Å². The quantitative estimate of drug-likeness (QED) is 0.748. The van der Waals surface area contributed by atoms with Crippen molar-refractivity contribution in [3.8, 4) is 0 Å². The smallest absolute Gasteiger partial charge is 0.166 e. The second-order valence-corrected chi connectivity index (χ2v) is 8.42. The van der Waals surface area contributed by atoms with Gasteiger partial charge in [0.1, 0.15) is 0 Å². The Labute approximate surface area is 153 Å². The Morgan fingerprint density at radius 3 is 2.67 bits per heavy atom. The number of aromatic amines is 1. The zero-order valence-electron chi connectivity index (χ0n) is 14.8. The Morgan fingerprint density at radius 1 is 1.17 bits per heavy atom. The highest BCUT2D eigenvalue weighted by molar-refractivity contribution is 7.99. The maximum Gasteiger partial charge on any atom is 0.166 e. The highest BCUT2D eigenvalue weighted by Crippen LogP contribution is 2.28. The van der Waals surface area contributed by atoms with Gasteiger partial charge < -0.3 is 9.88 Å². The summed E-state index contributed by atoms with van der Waals surface area (Å²) in [5.41, 5.74) is 4.70. The van der Waals surface area contributed by atoms with Crippen LogP contribution < -0.4 is 0 Å². The lowest BCUT2D eigenvalue weighted by molar-refractivity contribution is 0.362. The molecule has 0 amide bonds. The van der Waals surface area contributed by atoms with Crippen molar-refractivity contribution in [3.63, 3.8) is 0 Å². The van der Waals surface area contributed by atoms with Crippen LogP contribution in [-0.4, -0.2) is 45.2 Å². The molecule has 1 fully saturated rings. The number of nitrogens with zero attached hydrogens (tertiary/aromatic N) is 3. The molecule has 130 valence electrons. The van der Waals surface area contributed by atoms with Gasteiger partial charge in [-0.1, -0.05) is 11.8 Å². The zero-order valence-corrected chi connectivity index (χ0v) is 16.4. The summed E-state index contributed by atoms with van der Waals surface area (Å²) in [5.74, 6) is 2.02. The molecular weight excluding hydrogens is 336 g/mol. The van der Waals surface area contributed by atoms with Crippen molar-refractivity contribution in [2.45, 2.75) is 49.4 Å². The second-order valence-electron chi connectivity index (χ2n) is 6.32. The zero-order chi connectivity index (χ0) is 16.9. The van der Waals surface area contributed by atoms with Crippen LogP contribution in [0.25, 0.3) is 0 Å². The molecule has 1 aliphatic heterocycles. The van der Waals surface area contributed by atoms with Crippen molar-refractivity contribution in [1.82, 2.24) is 19.9 Å². The predicted octanol–water partition coefficient (Wildman–Crippen LogP) is 4.21. The van der Waals surface area contributed by atoms with E-state index in [-0.39, 0.29) is 0 Å². The Balaban J connectivity index is 1.55. The molecule has 24 heavy (non-hydrogen) atoms. The molecule has 2 aromatic heterocycles. The summed E-state index contributed by atoms with van der Waals surface area (Å²) in [7, 11) is 0. The summed E-state index contributed by atoms with van der Waals surface area (Å²) in [6.45, 7) is 10.0. The first-order chi connectivity index (χ1) is 11.6. The molecule has 1 N–H and O–H groups in total. The number of imidazole rings is 1. The molecule has 1 aliphatic rings. The normalized spacial score (nSPS) is 15.3. The van der Waals surface area contributed by atoms with Gasteiger partial charge in [-0.25, -0.2) is 4.98 Å². The Kier molecular flexibility index (Phi) is 6.25. The van der Waals surface area contributed by atoms with E-state index in [0.717, 1.165) is 33.7 Å². The summed E-state index contributed by atoms with van der Waals surface area (Å²) in [6.07, 6.45) is 4.68. The lowest BCUT2D eigenvalue weighted by atomic mass is 10.2. The van der Waals surface area contributed by atoms with Gasteiger partial charge in [0.15, 0.2) is 5.16 Å². The number of hydrogen-bond donors (Lipinski definition) is 1. The van der Waals surface area contributed by atoms with Crippen LogP contribution >= 0.6 is 23.5 Å². The average molecular weight is 363 g/mol. The van der Waals surface area contributed by atoms with E-state index in [1.807, 2.05) is 24.9 Å². The Hall–Kier alpha value is -0.980. The molecule has 4 nitrogen and oxygen atoms in total. The SMILES string of the molecule is Cc1nc(SCc2nccc(SCCN3CCCC3)c2C)[nH]c1C. The van der Waals surface area contributed by atoms with Crippen LogP contribution in [0.4, 0.5) is 0 Å². The van der Waals surface area contributed by atoms with Crippen LogP contribution in [0, 0.1) is 20.8 Å². The molecule has 0 aliphatic carbocycles. The number of H-pyrrole nitrogens is 1. The molecular formula is C18H26N4S2.